The van der Waals surface area contributed by atoms with E-state index in [4.69, 9.17) is 11.6 Å². The Morgan fingerprint density at radius 3 is 2.72 bits per heavy atom. The zero-order chi connectivity index (χ0) is 13.3. The zero-order valence-corrected chi connectivity index (χ0v) is 10.1. The summed E-state index contributed by atoms with van der Waals surface area (Å²) in [6, 6.07) is 6.79. The van der Waals surface area contributed by atoms with E-state index in [1.54, 1.807) is 19.1 Å². The first-order valence-electron chi connectivity index (χ1n) is 5.06. The van der Waals surface area contributed by atoms with Crippen molar-refractivity contribution in [3.8, 4) is 11.3 Å². The number of halogens is 2. The van der Waals surface area contributed by atoms with Crippen LogP contribution in [0.4, 0.5) is 10.1 Å². The average Bonchev–Trinajstić information content (AvgIpc) is 2.31. The maximum Gasteiger partial charge on any atom is 0.274 e. The number of aromatic nitrogens is 1. The summed E-state index contributed by atoms with van der Waals surface area (Å²) in [4.78, 5) is 14.0. The Morgan fingerprint density at radius 2 is 2.06 bits per heavy atom. The Balaban J connectivity index is 2.63. The number of pyridine rings is 1. The number of aryl methyl sites for hydroxylation is 1. The Labute approximate surface area is 107 Å². The van der Waals surface area contributed by atoms with Gasteiger partial charge in [-0.25, -0.2) is 9.37 Å². The summed E-state index contributed by atoms with van der Waals surface area (Å²) >= 11 is 5.70. The lowest BCUT2D eigenvalue weighted by Gasteiger charge is -2.04. The van der Waals surface area contributed by atoms with E-state index in [2.05, 4.69) is 4.98 Å². The van der Waals surface area contributed by atoms with Crippen molar-refractivity contribution in [2.75, 3.05) is 0 Å². The van der Waals surface area contributed by atoms with Crippen LogP contribution in [0, 0.1) is 22.9 Å². The van der Waals surface area contributed by atoms with E-state index >= 15 is 0 Å². The minimum absolute atomic E-state index is 0.0416. The SMILES string of the molecule is Cc1ccc(F)c(-c2cc([N+](=O)[O-])cc(Cl)n2)c1. The van der Waals surface area contributed by atoms with Crippen LogP contribution in [-0.4, -0.2) is 9.91 Å². The van der Waals surface area contributed by atoms with E-state index in [1.807, 2.05) is 0 Å². The Hall–Kier alpha value is -2.01. The van der Waals surface area contributed by atoms with Crippen LogP contribution in [0.5, 0.6) is 0 Å². The number of hydrogen-bond donors (Lipinski definition) is 0. The van der Waals surface area contributed by atoms with Gasteiger partial charge in [0.15, 0.2) is 0 Å². The van der Waals surface area contributed by atoms with Gasteiger partial charge in [-0.1, -0.05) is 23.2 Å². The second kappa shape index (κ2) is 4.70. The lowest BCUT2D eigenvalue weighted by Crippen LogP contribution is -1.94. The van der Waals surface area contributed by atoms with Gasteiger partial charge in [-0.05, 0) is 19.1 Å². The molecule has 0 bridgehead atoms. The van der Waals surface area contributed by atoms with Crippen molar-refractivity contribution < 1.29 is 9.31 Å². The molecule has 1 aromatic heterocycles. The summed E-state index contributed by atoms with van der Waals surface area (Å²) in [7, 11) is 0. The Kier molecular flexibility index (Phi) is 3.25. The van der Waals surface area contributed by atoms with Gasteiger partial charge in [0.25, 0.3) is 5.69 Å². The van der Waals surface area contributed by atoms with Crippen LogP contribution in [0.3, 0.4) is 0 Å². The third-order valence-corrected chi connectivity index (χ3v) is 2.58. The second-order valence-electron chi connectivity index (χ2n) is 3.77. The Bertz CT molecular complexity index is 631. The molecule has 2 rings (SSSR count). The van der Waals surface area contributed by atoms with Gasteiger partial charge in [0.1, 0.15) is 11.0 Å². The van der Waals surface area contributed by atoms with E-state index in [0.717, 1.165) is 11.6 Å². The van der Waals surface area contributed by atoms with Crippen molar-refractivity contribution >= 4 is 17.3 Å². The molecular formula is C12H8ClFN2O2. The quantitative estimate of drug-likeness (QED) is 0.472. The summed E-state index contributed by atoms with van der Waals surface area (Å²) in [5.41, 5.74) is 0.956. The number of benzene rings is 1. The fourth-order valence-corrected chi connectivity index (χ4v) is 1.77. The fourth-order valence-electron chi connectivity index (χ4n) is 1.56. The number of hydrogen-bond acceptors (Lipinski definition) is 3. The molecule has 0 radical (unpaired) electrons. The molecule has 0 saturated heterocycles. The van der Waals surface area contributed by atoms with Gasteiger partial charge in [-0.2, -0.15) is 0 Å². The summed E-state index contributed by atoms with van der Waals surface area (Å²) in [5.74, 6) is -0.496. The predicted octanol–water partition coefficient (Wildman–Crippen LogP) is 3.76. The first-order chi connectivity index (χ1) is 8.47. The van der Waals surface area contributed by atoms with E-state index in [1.165, 1.54) is 12.1 Å². The minimum Gasteiger partial charge on any atom is -0.258 e. The first kappa shape index (κ1) is 12.4. The molecule has 0 aliphatic rings. The molecule has 92 valence electrons. The highest BCUT2D eigenvalue weighted by Crippen LogP contribution is 2.27. The monoisotopic (exact) mass is 266 g/mol. The van der Waals surface area contributed by atoms with Crippen molar-refractivity contribution in [3.05, 3.63) is 57.0 Å². The summed E-state index contributed by atoms with van der Waals surface area (Å²) in [5, 5.41) is 10.7. The first-order valence-corrected chi connectivity index (χ1v) is 5.43. The molecule has 0 spiro atoms. The average molecular weight is 267 g/mol. The molecular weight excluding hydrogens is 259 g/mol. The molecule has 6 heteroatoms. The highest BCUT2D eigenvalue weighted by molar-refractivity contribution is 6.29. The van der Waals surface area contributed by atoms with Gasteiger partial charge < -0.3 is 0 Å². The zero-order valence-electron chi connectivity index (χ0n) is 9.35. The highest BCUT2D eigenvalue weighted by atomic mass is 35.5. The maximum absolute atomic E-state index is 13.7. The van der Waals surface area contributed by atoms with Crippen LogP contribution in [0.1, 0.15) is 5.56 Å². The molecule has 4 nitrogen and oxygen atoms in total. The molecule has 0 aliphatic carbocycles. The molecule has 0 N–H and O–H groups in total. The van der Waals surface area contributed by atoms with Crippen LogP contribution >= 0.6 is 11.6 Å². The molecule has 1 heterocycles. The topological polar surface area (TPSA) is 56.0 Å². The largest absolute Gasteiger partial charge is 0.274 e. The molecule has 0 atom stereocenters. The predicted molar refractivity (Wildman–Crippen MR) is 66.0 cm³/mol. The van der Waals surface area contributed by atoms with E-state index in [-0.39, 0.29) is 22.1 Å². The van der Waals surface area contributed by atoms with E-state index < -0.39 is 10.7 Å². The normalized spacial score (nSPS) is 10.4. The molecule has 0 saturated carbocycles. The van der Waals surface area contributed by atoms with Crippen molar-refractivity contribution in [3.63, 3.8) is 0 Å². The van der Waals surface area contributed by atoms with Crippen LogP contribution in [0.2, 0.25) is 5.15 Å². The molecule has 18 heavy (non-hydrogen) atoms. The minimum atomic E-state index is -0.592. The van der Waals surface area contributed by atoms with Crippen LogP contribution in [0.25, 0.3) is 11.3 Å². The third kappa shape index (κ3) is 2.46. The fraction of sp³-hybridized carbons (Fsp3) is 0.0833. The van der Waals surface area contributed by atoms with Gasteiger partial charge in [-0.15, -0.1) is 0 Å². The van der Waals surface area contributed by atoms with E-state index in [9.17, 15) is 14.5 Å². The van der Waals surface area contributed by atoms with Crippen LogP contribution in [-0.2, 0) is 0 Å². The molecule has 2 aromatic rings. The van der Waals surface area contributed by atoms with Crippen LogP contribution < -0.4 is 0 Å². The summed E-state index contributed by atoms with van der Waals surface area (Å²) in [6.07, 6.45) is 0. The molecule has 1 aromatic carbocycles. The summed E-state index contributed by atoms with van der Waals surface area (Å²) < 4.78 is 13.7. The standard InChI is InChI=1S/C12H8ClFN2O2/c1-7-2-3-10(14)9(4-7)11-5-8(16(17)18)6-12(13)15-11/h2-6H,1H3. The van der Waals surface area contributed by atoms with Gasteiger partial charge in [0, 0.05) is 11.6 Å². The number of rotatable bonds is 2. The molecule has 0 fully saturated rings. The third-order valence-electron chi connectivity index (χ3n) is 2.39. The van der Waals surface area contributed by atoms with Crippen LogP contribution in [0.15, 0.2) is 30.3 Å². The van der Waals surface area contributed by atoms with Gasteiger partial charge >= 0.3 is 0 Å². The van der Waals surface area contributed by atoms with Crippen molar-refractivity contribution in [1.29, 1.82) is 0 Å². The summed E-state index contributed by atoms with van der Waals surface area (Å²) in [6.45, 7) is 1.79. The maximum atomic E-state index is 13.7. The number of nitro groups is 1. The second-order valence-corrected chi connectivity index (χ2v) is 4.16. The highest BCUT2D eigenvalue weighted by Gasteiger charge is 2.14. The lowest BCUT2D eigenvalue weighted by atomic mass is 10.1. The smallest absolute Gasteiger partial charge is 0.258 e. The van der Waals surface area contributed by atoms with Crippen molar-refractivity contribution in [2.24, 2.45) is 0 Å². The Morgan fingerprint density at radius 1 is 1.33 bits per heavy atom. The van der Waals surface area contributed by atoms with Gasteiger partial charge in [-0.3, -0.25) is 10.1 Å². The number of nitrogens with zero attached hydrogens (tertiary/aromatic N) is 2. The van der Waals surface area contributed by atoms with Gasteiger partial charge in [0.2, 0.25) is 0 Å². The molecule has 0 aliphatic heterocycles. The van der Waals surface area contributed by atoms with E-state index in [0.29, 0.717) is 0 Å². The van der Waals surface area contributed by atoms with Crippen molar-refractivity contribution in [1.82, 2.24) is 4.98 Å². The van der Waals surface area contributed by atoms with Crippen molar-refractivity contribution in [2.45, 2.75) is 6.92 Å². The lowest BCUT2D eigenvalue weighted by molar-refractivity contribution is -0.384. The molecule has 0 unspecified atom stereocenters. The van der Waals surface area contributed by atoms with Gasteiger partial charge in [0.05, 0.1) is 16.7 Å². The molecule has 0 amide bonds.